The Morgan fingerprint density at radius 2 is 2.00 bits per heavy atom. The number of aliphatic hydroxyl groups excluding tert-OH is 1. The Kier molecular flexibility index (Phi) is 5.08. The molecule has 132 valence electrons. The lowest BCUT2D eigenvalue weighted by Gasteiger charge is -2.56. The molecule has 24 heavy (non-hydrogen) atoms. The largest absolute Gasteiger partial charge is 0.484 e. The van der Waals surface area contributed by atoms with Gasteiger partial charge in [0.15, 0.2) is 6.61 Å². The van der Waals surface area contributed by atoms with Crippen molar-refractivity contribution >= 4 is 5.91 Å². The van der Waals surface area contributed by atoms with E-state index in [1.165, 1.54) is 5.56 Å². The predicted molar refractivity (Wildman–Crippen MR) is 89.5 cm³/mol. The number of likely N-dealkylation sites (tertiary alicyclic amines) is 1. The fourth-order valence-electron chi connectivity index (χ4n) is 3.94. The molecular weight excluding hydrogens is 308 g/mol. The number of nitrogens with two attached hydrogens (primary N) is 1. The maximum atomic E-state index is 10.7. The van der Waals surface area contributed by atoms with E-state index in [1.807, 2.05) is 24.3 Å². The van der Waals surface area contributed by atoms with Crippen LogP contribution >= 0.6 is 0 Å². The lowest BCUT2D eigenvalue weighted by molar-refractivity contribution is -0.201. The van der Waals surface area contributed by atoms with E-state index in [2.05, 4.69) is 4.90 Å². The van der Waals surface area contributed by atoms with E-state index < -0.39 is 5.91 Å². The highest BCUT2D eigenvalue weighted by atomic mass is 16.5. The summed E-state index contributed by atoms with van der Waals surface area (Å²) in [6.07, 6.45) is 2.71. The molecule has 6 heteroatoms. The Morgan fingerprint density at radius 1 is 1.33 bits per heavy atom. The Hall–Kier alpha value is -1.63. The molecular formula is C18H26N2O4. The zero-order valence-electron chi connectivity index (χ0n) is 14.1. The molecule has 0 aromatic heterocycles. The van der Waals surface area contributed by atoms with Crippen molar-refractivity contribution in [2.24, 2.45) is 11.1 Å². The highest BCUT2D eigenvalue weighted by molar-refractivity contribution is 5.75. The molecule has 2 fully saturated rings. The number of methoxy groups -OCH3 is 1. The number of ether oxygens (including phenoxy) is 2. The molecule has 0 unspecified atom stereocenters. The van der Waals surface area contributed by atoms with E-state index in [-0.39, 0.29) is 24.2 Å². The summed E-state index contributed by atoms with van der Waals surface area (Å²) in [5, 5.41) is 10.2. The molecule has 0 radical (unpaired) electrons. The summed E-state index contributed by atoms with van der Waals surface area (Å²) in [5.74, 6) is 0.171. The van der Waals surface area contributed by atoms with Gasteiger partial charge >= 0.3 is 0 Å². The highest BCUT2D eigenvalue weighted by Gasteiger charge is 2.55. The Morgan fingerprint density at radius 3 is 2.54 bits per heavy atom. The zero-order valence-corrected chi connectivity index (χ0v) is 14.1. The molecule has 1 aromatic rings. The second-order valence-corrected chi connectivity index (χ2v) is 6.88. The Bertz CT molecular complexity index is 567. The second-order valence-electron chi connectivity index (χ2n) is 6.88. The third-order valence-corrected chi connectivity index (χ3v) is 5.52. The van der Waals surface area contributed by atoms with Gasteiger partial charge in [0.25, 0.3) is 5.91 Å². The van der Waals surface area contributed by atoms with Crippen molar-refractivity contribution in [1.82, 2.24) is 4.90 Å². The van der Waals surface area contributed by atoms with Crippen LogP contribution in [-0.4, -0.2) is 54.9 Å². The third kappa shape index (κ3) is 3.41. The number of carbonyl (C=O) groups excluding carboxylic acids is 1. The third-order valence-electron chi connectivity index (χ3n) is 5.52. The minimum atomic E-state index is -0.478. The van der Waals surface area contributed by atoms with Crippen LogP contribution in [0.4, 0.5) is 0 Å². The van der Waals surface area contributed by atoms with Gasteiger partial charge in [-0.05, 0) is 43.6 Å². The first-order valence-corrected chi connectivity index (χ1v) is 8.47. The van der Waals surface area contributed by atoms with Crippen LogP contribution in [0.5, 0.6) is 5.75 Å². The molecule has 0 bridgehead atoms. The Labute approximate surface area is 142 Å². The Balaban J connectivity index is 1.50. The van der Waals surface area contributed by atoms with Gasteiger partial charge in [0, 0.05) is 25.5 Å². The number of hydrogen-bond acceptors (Lipinski definition) is 5. The molecule has 2 aliphatic rings. The fourth-order valence-corrected chi connectivity index (χ4v) is 3.94. The molecule has 1 heterocycles. The summed E-state index contributed by atoms with van der Waals surface area (Å²) in [4.78, 5) is 13.1. The van der Waals surface area contributed by atoms with Crippen LogP contribution in [0.3, 0.4) is 0 Å². The number of benzene rings is 1. The molecule has 1 spiro atoms. The number of primary amides is 1. The maximum Gasteiger partial charge on any atom is 0.255 e. The molecule has 1 aliphatic heterocycles. The van der Waals surface area contributed by atoms with Crippen LogP contribution in [0.15, 0.2) is 24.3 Å². The van der Waals surface area contributed by atoms with Gasteiger partial charge in [-0.25, -0.2) is 0 Å². The number of rotatable bonds is 6. The molecule has 1 saturated heterocycles. The van der Waals surface area contributed by atoms with Crippen LogP contribution < -0.4 is 10.5 Å². The van der Waals surface area contributed by atoms with E-state index >= 15 is 0 Å². The normalized spacial score (nSPS) is 26.1. The smallest absolute Gasteiger partial charge is 0.255 e. The lowest BCUT2D eigenvalue weighted by Crippen LogP contribution is -2.61. The average molecular weight is 334 g/mol. The van der Waals surface area contributed by atoms with Crippen molar-refractivity contribution in [2.45, 2.75) is 38.0 Å². The minimum absolute atomic E-state index is 0.0301. The number of hydrogen-bond donors (Lipinski definition) is 2. The molecule has 1 saturated carbocycles. The van der Waals surface area contributed by atoms with Crippen LogP contribution in [0.1, 0.15) is 24.8 Å². The molecule has 1 amide bonds. The summed E-state index contributed by atoms with van der Waals surface area (Å²) in [6.45, 7) is 2.71. The van der Waals surface area contributed by atoms with E-state index in [4.69, 9.17) is 15.2 Å². The number of aliphatic hydroxyl groups is 1. The number of carbonyl (C=O) groups is 1. The fraction of sp³-hybridized carbons (Fsp3) is 0.611. The van der Waals surface area contributed by atoms with Gasteiger partial charge in [0.1, 0.15) is 5.75 Å². The van der Waals surface area contributed by atoms with E-state index in [1.54, 1.807) is 7.11 Å². The second kappa shape index (κ2) is 7.09. The predicted octanol–water partition coefficient (Wildman–Crippen LogP) is 0.912. The molecule has 6 nitrogen and oxygen atoms in total. The van der Waals surface area contributed by atoms with Gasteiger partial charge in [-0.1, -0.05) is 12.1 Å². The standard InChI is InChI=1S/C18H26N2O4/c1-23-16-10-15(21)18(16)6-8-20(9-7-18)11-13-2-4-14(5-3-13)24-12-17(19)22/h2-5,15-16,21H,6-12H2,1H3,(H2,19,22)/t15-,16+/m0/s1. The van der Waals surface area contributed by atoms with E-state index in [0.29, 0.717) is 5.75 Å². The zero-order chi connectivity index (χ0) is 17.2. The summed E-state index contributed by atoms with van der Waals surface area (Å²) in [5.41, 5.74) is 6.24. The first-order chi connectivity index (χ1) is 11.5. The van der Waals surface area contributed by atoms with Crippen LogP contribution in [-0.2, 0) is 16.1 Å². The summed E-state index contributed by atoms with van der Waals surface area (Å²) < 4.78 is 10.8. The summed E-state index contributed by atoms with van der Waals surface area (Å²) >= 11 is 0. The van der Waals surface area contributed by atoms with Crippen molar-refractivity contribution in [1.29, 1.82) is 0 Å². The van der Waals surface area contributed by atoms with Crippen molar-refractivity contribution in [2.75, 3.05) is 26.8 Å². The number of nitrogens with zero attached hydrogens (tertiary/aromatic N) is 1. The average Bonchev–Trinajstić information content (AvgIpc) is 2.59. The molecule has 3 N–H and O–H groups in total. The molecule has 3 rings (SSSR count). The number of piperidine rings is 1. The lowest BCUT2D eigenvalue weighted by atomic mass is 9.58. The first-order valence-electron chi connectivity index (χ1n) is 8.47. The van der Waals surface area contributed by atoms with Gasteiger partial charge in [-0.2, -0.15) is 0 Å². The molecule has 1 aromatic carbocycles. The van der Waals surface area contributed by atoms with Crippen LogP contribution in [0, 0.1) is 5.41 Å². The summed E-state index contributed by atoms with van der Waals surface area (Å²) in [7, 11) is 1.74. The monoisotopic (exact) mass is 334 g/mol. The van der Waals surface area contributed by atoms with Crippen molar-refractivity contribution in [3.8, 4) is 5.75 Å². The van der Waals surface area contributed by atoms with E-state index in [9.17, 15) is 9.90 Å². The SMILES string of the molecule is CO[C@@H]1C[C@H](O)C12CCN(Cc1ccc(OCC(N)=O)cc1)CC2. The van der Waals surface area contributed by atoms with Crippen molar-refractivity contribution in [3.05, 3.63) is 29.8 Å². The van der Waals surface area contributed by atoms with Crippen LogP contribution in [0.25, 0.3) is 0 Å². The van der Waals surface area contributed by atoms with Crippen molar-refractivity contribution in [3.63, 3.8) is 0 Å². The first kappa shape index (κ1) is 17.2. The van der Waals surface area contributed by atoms with Gasteiger partial charge in [0.05, 0.1) is 12.2 Å². The van der Waals surface area contributed by atoms with Gasteiger partial charge in [-0.15, -0.1) is 0 Å². The minimum Gasteiger partial charge on any atom is -0.484 e. The van der Waals surface area contributed by atoms with Gasteiger partial charge in [0.2, 0.25) is 0 Å². The quantitative estimate of drug-likeness (QED) is 0.808. The van der Waals surface area contributed by atoms with Gasteiger partial charge < -0.3 is 20.3 Å². The number of amides is 1. The van der Waals surface area contributed by atoms with Gasteiger partial charge in [-0.3, -0.25) is 9.69 Å². The van der Waals surface area contributed by atoms with Crippen molar-refractivity contribution < 1.29 is 19.4 Å². The maximum absolute atomic E-state index is 10.7. The van der Waals surface area contributed by atoms with Crippen LogP contribution in [0.2, 0.25) is 0 Å². The highest BCUT2D eigenvalue weighted by Crippen LogP contribution is 2.50. The summed E-state index contributed by atoms with van der Waals surface area (Å²) in [6, 6.07) is 7.74. The molecule has 1 aliphatic carbocycles. The van der Waals surface area contributed by atoms with E-state index in [0.717, 1.165) is 38.9 Å². The topological polar surface area (TPSA) is 85.0 Å². The molecule has 2 atom stereocenters.